The van der Waals surface area contributed by atoms with E-state index in [0.717, 1.165) is 18.8 Å². The first-order valence-electron chi connectivity index (χ1n) is 5.70. The molecule has 0 amide bonds. The molecule has 2 N–H and O–H groups in total. The molecule has 0 radical (unpaired) electrons. The van der Waals surface area contributed by atoms with Crippen LogP contribution in [0.25, 0.3) is 0 Å². The van der Waals surface area contributed by atoms with E-state index in [1.165, 1.54) is 12.0 Å². The fraction of sp³-hybridized carbons (Fsp3) is 0.538. The minimum atomic E-state index is 0.426. The Hall–Kier alpha value is -1.02. The molecule has 2 heteroatoms. The molecule has 0 aromatic heterocycles. The van der Waals surface area contributed by atoms with E-state index in [-0.39, 0.29) is 0 Å². The maximum Gasteiger partial charge on any atom is 0.119 e. The molecule has 0 aliphatic carbocycles. The summed E-state index contributed by atoms with van der Waals surface area (Å²) >= 11 is 0. The van der Waals surface area contributed by atoms with Gasteiger partial charge in [0, 0.05) is 0 Å². The van der Waals surface area contributed by atoms with E-state index in [2.05, 4.69) is 26.0 Å². The summed E-state index contributed by atoms with van der Waals surface area (Å²) in [6.45, 7) is 5.79. The molecule has 2 nitrogen and oxygen atoms in total. The zero-order valence-corrected chi connectivity index (χ0v) is 9.70. The second kappa shape index (κ2) is 6.46. The molecule has 0 aliphatic heterocycles. The fourth-order valence-corrected chi connectivity index (χ4v) is 1.36. The molecule has 1 atom stereocenters. The van der Waals surface area contributed by atoms with Gasteiger partial charge >= 0.3 is 0 Å². The van der Waals surface area contributed by atoms with Crippen LogP contribution in [0.2, 0.25) is 0 Å². The largest absolute Gasteiger partial charge is 0.494 e. The van der Waals surface area contributed by atoms with Crippen molar-refractivity contribution in [3.8, 4) is 5.75 Å². The molecule has 1 rings (SSSR count). The summed E-state index contributed by atoms with van der Waals surface area (Å²) in [4.78, 5) is 0. The summed E-state index contributed by atoms with van der Waals surface area (Å²) in [7, 11) is 0. The van der Waals surface area contributed by atoms with E-state index in [4.69, 9.17) is 10.5 Å². The van der Waals surface area contributed by atoms with Crippen molar-refractivity contribution in [1.29, 1.82) is 0 Å². The van der Waals surface area contributed by atoms with Crippen LogP contribution in [0.15, 0.2) is 24.3 Å². The quantitative estimate of drug-likeness (QED) is 0.728. The van der Waals surface area contributed by atoms with Gasteiger partial charge in [-0.2, -0.15) is 0 Å². The number of ether oxygens (including phenoxy) is 1. The molecule has 1 aromatic carbocycles. The predicted molar refractivity (Wildman–Crippen MR) is 64.3 cm³/mol. The van der Waals surface area contributed by atoms with Crippen LogP contribution in [0.5, 0.6) is 5.75 Å². The van der Waals surface area contributed by atoms with Gasteiger partial charge < -0.3 is 10.5 Å². The molecule has 0 heterocycles. The first-order chi connectivity index (χ1) is 7.27. The Bertz CT molecular complexity index is 268. The van der Waals surface area contributed by atoms with Gasteiger partial charge in [0.1, 0.15) is 5.75 Å². The molecule has 15 heavy (non-hydrogen) atoms. The number of unbranched alkanes of at least 4 members (excludes halogenated alkanes) is 1. The summed E-state index contributed by atoms with van der Waals surface area (Å²) in [6, 6.07) is 8.24. The average Bonchev–Trinajstić information content (AvgIpc) is 2.29. The molecule has 0 aliphatic rings. The van der Waals surface area contributed by atoms with Crippen molar-refractivity contribution in [3.05, 3.63) is 29.8 Å². The van der Waals surface area contributed by atoms with Gasteiger partial charge in [0.25, 0.3) is 0 Å². The second-order valence-electron chi connectivity index (χ2n) is 3.91. The number of rotatable bonds is 6. The first-order valence-corrected chi connectivity index (χ1v) is 5.70. The maximum absolute atomic E-state index is 5.61. The zero-order chi connectivity index (χ0) is 11.1. The SMILES string of the molecule is CCCCOc1ccc(C(C)CN)cc1. The Morgan fingerprint density at radius 1 is 1.27 bits per heavy atom. The van der Waals surface area contributed by atoms with Crippen molar-refractivity contribution in [1.82, 2.24) is 0 Å². The molecule has 0 bridgehead atoms. The van der Waals surface area contributed by atoms with Crippen LogP contribution in [0.3, 0.4) is 0 Å². The highest BCUT2D eigenvalue weighted by Crippen LogP contribution is 2.18. The van der Waals surface area contributed by atoms with Crippen molar-refractivity contribution in [2.75, 3.05) is 13.2 Å². The Labute approximate surface area is 92.4 Å². The minimum absolute atomic E-state index is 0.426. The molecule has 1 aromatic rings. The number of benzene rings is 1. The molecule has 0 saturated heterocycles. The Kier molecular flexibility index (Phi) is 5.19. The van der Waals surface area contributed by atoms with Crippen molar-refractivity contribution in [3.63, 3.8) is 0 Å². The monoisotopic (exact) mass is 207 g/mol. The Morgan fingerprint density at radius 2 is 1.93 bits per heavy atom. The lowest BCUT2D eigenvalue weighted by atomic mass is 10.0. The third kappa shape index (κ3) is 3.92. The van der Waals surface area contributed by atoms with Crippen LogP contribution in [-0.4, -0.2) is 13.2 Å². The van der Waals surface area contributed by atoms with Crippen LogP contribution in [-0.2, 0) is 0 Å². The zero-order valence-electron chi connectivity index (χ0n) is 9.70. The van der Waals surface area contributed by atoms with E-state index in [1.807, 2.05) is 12.1 Å². The average molecular weight is 207 g/mol. The molecule has 1 unspecified atom stereocenters. The van der Waals surface area contributed by atoms with E-state index in [0.29, 0.717) is 12.5 Å². The maximum atomic E-state index is 5.61. The van der Waals surface area contributed by atoms with Crippen molar-refractivity contribution in [2.24, 2.45) is 5.73 Å². The number of hydrogen-bond donors (Lipinski definition) is 1. The van der Waals surface area contributed by atoms with Gasteiger partial charge in [-0.1, -0.05) is 32.4 Å². The highest BCUT2D eigenvalue weighted by atomic mass is 16.5. The number of hydrogen-bond acceptors (Lipinski definition) is 2. The summed E-state index contributed by atoms with van der Waals surface area (Å²) in [6.07, 6.45) is 2.28. The van der Waals surface area contributed by atoms with Gasteiger partial charge in [-0.3, -0.25) is 0 Å². The molecular weight excluding hydrogens is 186 g/mol. The smallest absolute Gasteiger partial charge is 0.119 e. The van der Waals surface area contributed by atoms with Gasteiger partial charge in [-0.25, -0.2) is 0 Å². The topological polar surface area (TPSA) is 35.2 Å². The fourth-order valence-electron chi connectivity index (χ4n) is 1.36. The Morgan fingerprint density at radius 3 is 2.47 bits per heavy atom. The van der Waals surface area contributed by atoms with E-state index in [1.54, 1.807) is 0 Å². The van der Waals surface area contributed by atoms with E-state index in [9.17, 15) is 0 Å². The van der Waals surface area contributed by atoms with E-state index < -0.39 is 0 Å². The van der Waals surface area contributed by atoms with Gasteiger partial charge in [0.15, 0.2) is 0 Å². The van der Waals surface area contributed by atoms with Gasteiger partial charge in [-0.05, 0) is 36.6 Å². The summed E-state index contributed by atoms with van der Waals surface area (Å²) in [5.74, 6) is 1.38. The number of nitrogens with two attached hydrogens (primary N) is 1. The lowest BCUT2D eigenvalue weighted by molar-refractivity contribution is 0.309. The first kappa shape index (κ1) is 12.1. The van der Waals surface area contributed by atoms with Crippen molar-refractivity contribution >= 4 is 0 Å². The third-order valence-electron chi connectivity index (χ3n) is 2.57. The van der Waals surface area contributed by atoms with Crippen molar-refractivity contribution in [2.45, 2.75) is 32.6 Å². The molecule has 0 spiro atoms. The van der Waals surface area contributed by atoms with Crippen LogP contribution in [0.4, 0.5) is 0 Å². The minimum Gasteiger partial charge on any atom is -0.494 e. The standard InChI is InChI=1S/C13H21NO/c1-3-4-9-15-13-7-5-12(6-8-13)11(2)10-14/h5-8,11H,3-4,9-10,14H2,1-2H3. The normalized spacial score (nSPS) is 12.5. The summed E-state index contributed by atoms with van der Waals surface area (Å²) < 4.78 is 5.58. The van der Waals surface area contributed by atoms with Gasteiger partial charge in [0.05, 0.1) is 6.61 Å². The molecule has 0 saturated carbocycles. The van der Waals surface area contributed by atoms with Crippen LogP contribution in [0.1, 0.15) is 38.2 Å². The highest BCUT2D eigenvalue weighted by Gasteiger charge is 2.02. The predicted octanol–water partition coefficient (Wildman–Crippen LogP) is 2.93. The Balaban J connectivity index is 2.49. The van der Waals surface area contributed by atoms with Gasteiger partial charge in [-0.15, -0.1) is 0 Å². The lowest BCUT2D eigenvalue weighted by Gasteiger charge is -2.10. The third-order valence-corrected chi connectivity index (χ3v) is 2.57. The van der Waals surface area contributed by atoms with Crippen LogP contribution in [0, 0.1) is 0 Å². The summed E-state index contributed by atoms with van der Waals surface area (Å²) in [5, 5.41) is 0. The highest BCUT2D eigenvalue weighted by molar-refractivity contribution is 5.29. The lowest BCUT2D eigenvalue weighted by Crippen LogP contribution is -2.08. The van der Waals surface area contributed by atoms with E-state index >= 15 is 0 Å². The molecular formula is C13H21NO. The molecule has 0 fully saturated rings. The van der Waals surface area contributed by atoms with Crippen molar-refractivity contribution < 1.29 is 4.74 Å². The molecule has 84 valence electrons. The van der Waals surface area contributed by atoms with Gasteiger partial charge in [0.2, 0.25) is 0 Å². The van der Waals surface area contributed by atoms with Crippen LogP contribution >= 0.6 is 0 Å². The van der Waals surface area contributed by atoms with Crippen LogP contribution < -0.4 is 10.5 Å². The second-order valence-corrected chi connectivity index (χ2v) is 3.91. The summed E-state index contributed by atoms with van der Waals surface area (Å²) in [5.41, 5.74) is 6.89.